The zero-order valence-corrected chi connectivity index (χ0v) is 44.1. The molecule has 0 radical (unpaired) electrons. The monoisotopic (exact) mass is 1010 g/mol. The lowest BCUT2D eigenvalue weighted by atomic mass is 9.86. The van der Waals surface area contributed by atoms with Crippen LogP contribution in [0, 0.1) is 0 Å². The maximum atomic E-state index is 5.52. The molecule has 374 valence electrons. The standard InChI is InChI=1S/C74H53N5/c1-74(2,3)53-40-41-71-63(46-53)60-34-14-19-39-70(60)79(71)72-61(50-26-20-28-54(42-50)77-66-35-15-10-30-56(66)57-31-11-16-36-67(57)77)44-52(73-75-64(48-22-6-4-7-23-48)47-65(76-73)49-24-8-5-9-25-49)45-62(72)51-27-21-29-55(43-51)78-68-37-17-12-32-58(68)59-33-13-18-38-69(59)78/h4-47H,1-3H3. The molecule has 0 aliphatic heterocycles. The van der Waals surface area contributed by atoms with Crippen molar-refractivity contribution < 1.29 is 0 Å². The molecule has 0 atom stereocenters. The van der Waals surface area contributed by atoms with Crippen molar-refractivity contribution >= 4 is 65.4 Å². The molecule has 0 saturated heterocycles. The van der Waals surface area contributed by atoms with Crippen molar-refractivity contribution in [3.05, 3.63) is 272 Å². The minimum atomic E-state index is -0.0528. The highest BCUT2D eigenvalue weighted by atomic mass is 15.0. The van der Waals surface area contributed by atoms with Gasteiger partial charge in [-0.2, -0.15) is 0 Å². The van der Waals surface area contributed by atoms with Gasteiger partial charge in [0.2, 0.25) is 0 Å². The Labute approximate surface area is 458 Å². The average Bonchev–Trinajstić information content (AvgIpc) is 4.21. The first-order valence-electron chi connectivity index (χ1n) is 27.2. The van der Waals surface area contributed by atoms with Crippen LogP contribution in [0.4, 0.5) is 0 Å². The summed E-state index contributed by atoms with van der Waals surface area (Å²) in [5.41, 5.74) is 20.3. The van der Waals surface area contributed by atoms with Crippen molar-refractivity contribution in [2.45, 2.75) is 26.2 Å². The molecule has 0 aliphatic rings. The third kappa shape index (κ3) is 7.68. The second kappa shape index (κ2) is 18.3. The van der Waals surface area contributed by atoms with E-state index in [1.807, 2.05) is 0 Å². The molecule has 0 bridgehead atoms. The van der Waals surface area contributed by atoms with Gasteiger partial charge in [-0.15, -0.1) is 0 Å². The summed E-state index contributed by atoms with van der Waals surface area (Å²) in [6.45, 7) is 6.90. The van der Waals surface area contributed by atoms with Gasteiger partial charge in [-0.05, 0) is 107 Å². The van der Waals surface area contributed by atoms with E-state index in [-0.39, 0.29) is 5.41 Å². The van der Waals surface area contributed by atoms with Gasteiger partial charge in [0.05, 0.1) is 50.2 Å². The lowest BCUT2D eigenvalue weighted by molar-refractivity contribution is 0.591. The maximum absolute atomic E-state index is 5.52. The number of para-hydroxylation sites is 5. The second-order valence-electron chi connectivity index (χ2n) is 21.8. The van der Waals surface area contributed by atoms with Crippen molar-refractivity contribution in [3.8, 4) is 73.2 Å². The van der Waals surface area contributed by atoms with Crippen LogP contribution in [0.1, 0.15) is 26.3 Å². The number of hydrogen-bond acceptors (Lipinski definition) is 2. The molecule has 79 heavy (non-hydrogen) atoms. The maximum Gasteiger partial charge on any atom is 0.160 e. The summed E-state index contributed by atoms with van der Waals surface area (Å²) in [4.78, 5) is 11.0. The summed E-state index contributed by atoms with van der Waals surface area (Å²) in [5, 5.41) is 7.31. The zero-order chi connectivity index (χ0) is 52.8. The molecular weight excluding hydrogens is 959 g/mol. The zero-order valence-electron chi connectivity index (χ0n) is 44.1. The molecule has 4 aromatic heterocycles. The van der Waals surface area contributed by atoms with Gasteiger partial charge in [0.1, 0.15) is 0 Å². The fourth-order valence-corrected chi connectivity index (χ4v) is 12.2. The molecule has 0 unspecified atom stereocenters. The summed E-state index contributed by atoms with van der Waals surface area (Å²) >= 11 is 0. The molecule has 15 rings (SSSR count). The molecule has 5 heteroatoms. The Hall–Kier alpha value is -10.1. The number of nitrogens with zero attached hydrogens (tertiary/aromatic N) is 5. The van der Waals surface area contributed by atoms with Crippen LogP contribution in [0.15, 0.2) is 267 Å². The molecule has 11 aromatic carbocycles. The van der Waals surface area contributed by atoms with Crippen LogP contribution in [-0.4, -0.2) is 23.7 Å². The van der Waals surface area contributed by atoms with Crippen LogP contribution in [0.5, 0.6) is 0 Å². The smallest absolute Gasteiger partial charge is 0.160 e. The van der Waals surface area contributed by atoms with Crippen LogP contribution in [0.3, 0.4) is 0 Å². The highest BCUT2D eigenvalue weighted by molar-refractivity contribution is 6.13. The normalized spacial score (nSPS) is 12.0. The molecule has 0 aliphatic carbocycles. The summed E-state index contributed by atoms with van der Waals surface area (Å²) in [6, 6.07) is 97.0. The van der Waals surface area contributed by atoms with E-state index in [4.69, 9.17) is 9.97 Å². The Balaban J connectivity index is 1.08. The molecule has 4 heterocycles. The number of hydrogen-bond donors (Lipinski definition) is 0. The first kappa shape index (κ1) is 46.2. The minimum Gasteiger partial charge on any atom is -0.309 e. The third-order valence-corrected chi connectivity index (χ3v) is 16.0. The SMILES string of the molecule is CC(C)(C)c1ccc2c(c1)c1ccccc1n2-c1c(-c2cccc(-n3c4ccccc4c4ccccc43)c2)cc(-c2nc(-c3ccccc3)cc(-c3ccccc3)n2)cc1-c1cccc(-n2c3ccccc3c3ccccc32)c1. The fraction of sp³-hybridized carbons (Fsp3) is 0.0541. The molecule has 15 aromatic rings. The van der Waals surface area contributed by atoms with Crippen molar-refractivity contribution in [2.75, 3.05) is 0 Å². The van der Waals surface area contributed by atoms with Gasteiger partial charge in [0.15, 0.2) is 5.82 Å². The lowest BCUT2D eigenvalue weighted by Gasteiger charge is -2.23. The van der Waals surface area contributed by atoms with Crippen molar-refractivity contribution in [3.63, 3.8) is 0 Å². The van der Waals surface area contributed by atoms with Gasteiger partial charge < -0.3 is 13.7 Å². The minimum absolute atomic E-state index is 0.0528. The van der Waals surface area contributed by atoms with Crippen molar-refractivity contribution in [2.24, 2.45) is 0 Å². The predicted octanol–water partition coefficient (Wildman–Crippen LogP) is 19.4. The van der Waals surface area contributed by atoms with Crippen LogP contribution in [0.25, 0.3) is 139 Å². The van der Waals surface area contributed by atoms with E-state index in [1.165, 1.54) is 37.9 Å². The topological polar surface area (TPSA) is 40.6 Å². The largest absolute Gasteiger partial charge is 0.309 e. The Morgan fingerprint density at radius 1 is 0.278 bits per heavy atom. The predicted molar refractivity (Wildman–Crippen MR) is 331 cm³/mol. The van der Waals surface area contributed by atoms with Crippen molar-refractivity contribution in [1.29, 1.82) is 0 Å². The number of rotatable bonds is 8. The molecule has 5 nitrogen and oxygen atoms in total. The Kier molecular flexibility index (Phi) is 10.7. The van der Waals surface area contributed by atoms with Crippen LogP contribution in [0.2, 0.25) is 0 Å². The van der Waals surface area contributed by atoms with Gasteiger partial charge >= 0.3 is 0 Å². The molecule has 0 amide bonds. The van der Waals surface area contributed by atoms with E-state index in [0.717, 1.165) is 100 Å². The second-order valence-corrected chi connectivity index (χ2v) is 21.8. The molecule has 0 N–H and O–H groups in total. The van der Waals surface area contributed by atoms with E-state index in [9.17, 15) is 0 Å². The Morgan fingerprint density at radius 3 is 1.08 bits per heavy atom. The van der Waals surface area contributed by atoms with E-state index in [1.54, 1.807) is 0 Å². The van der Waals surface area contributed by atoms with E-state index < -0.39 is 0 Å². The highest BCUT2D eigenvalue weighted by Gasteiger charge is 2.26. The van der Waals surface area contributed by atoms with E-state index in [2.05, 4.69) is 301 Å². The Bertz CT molecular complexity index is 4530. The first-order valence-corrected chi connectivity index (χ1v) is 27.2. The number of fused-ring (bicyclic) bond motifs is 9. The highest BCUT2D eigenvalue weighted by Crippen LogP contribution is 2.46. The Morgan fingerprint density at radius 2 is 0.646 bits per heavy atom. The first-order chi connectivity index (χ1) is 38.8. The number of aromatic nitrogens is 5. The average molecular weight is 1010 g/mol. The molecule has 0 fully saturated rings. The number of benzene rings is 11. The fourth-order valence-electron chi connectivity index (χ4n) is 12.2. The summed E-state index contributed by atoms with van der Waals surface area (Å²) < 4.78 is 7.37. The summed E-state index contributed by atoms with van der Waals surface area (Å²) in [5.74, 6) is 0.642. The molecular formula is C74H53N5. The van der Waals surface area contributed by atoms with Crippen LogP contribution >= 0.6 is 0 Å². The quantitative estimate of drug-likeness (QED) is 0.152. The summed E-state index contributed by atoms with van der Waals surface area (Å²) in [7, 11) is 0. The molecule has 0 saturated carbocycles. The summed E-state index contributed by atoms with van der Waals surface area (Å²) in [6.07, 6.45) is 0. The van der Waals surface area contributed by atoms with Gasteiger partial charge in [0, 0.05) is 71.5 Å². The van der Waals surface area contributed by atoms with E-state index in [0.29, 0.717) is 5.82 Å². The van der Waals surface area contributed by atoms with Gasteiger partial charge in [-0.1, -0.05) is 203 Å². The van der Waals surface area contributed by atoms with Gasteiger partial charge in [-0.25, -0.2) is 9.97 Å². The third-order valence-electron chi connectivity index (χ3n) is 16.0. The van der Waals surface area contributed by atoms with E-state index >= 15 is 0 Å². The molecule has 0 spiro atoms. The van der Waals surface area contributed by atoms with Crippen molar-refractivity contribution in [1.82, 2.24) is 23.7 Å². The van der Waals surface area contributed by atoms with Crippen LogP contribution in [-0.2, 0) is 5.41 Å². The van der Waals surface area contributed by atoms with Gasteiger partial charge in [0.25, 0.3) is 0 Å². The van der Waals surface area contributed by atoms with Crippen LogP contribution < -0.4 is 0 Å². The lowest BCUT2D eigenvalue weighted by Crippen LogP contribution is -2.10. The van der Waals surface area contributed by atoms with Gasteiger partial charge in [-0.3, -0.25) is 0 Å².